The Balaban J connectivity index is 1.71. The Kier molecular flexibility index (Phi) is 6.17. The third-order valence-corrected chi connectivity index (χ3v) is 6.36. The molecule has 0 spiro atoms. The number of aromatic nitrogens is 2. The van der Waals surface area contributed by atoms with E-state index in [-0.39, 0.29) is 11.9 Å². The number of fused-ring (bicyclic) bond motifs is 1. The molecule has 2 aliphatic rings. The van der Waals surface area contributed by atoms with Gasteiger partial charge in [-0.3, -0.25) is 4.79 Å². The Labute approximate surface area is 178 Å². The number of nitrogens with zero attached hydrogens (tertiary/aromatic N) is 4. The van der Waals surface area contributed by atoms with E-state index in [0.717, 1.165) is 49.8 Å². The van der Waals surface area contributed by atoms with Gasteiger partial charge in [-0.15, -0.1) is 0 Å². The molecule has 1 aliphatic heterocycles. The van der Waals surface area contributed by atoms with Crippen molar-refractivity contribution >= 4 is 22.8 Å². The minimum absolute atomic E-state index is 0.161. The van der Waals surface area contributed by atoms with Crippen LogP contribution in [0.4, 0.5) is 5.82 Å². The molecule has 0 unspecified atom stereocenters. The lowest BCUT2D eigenvalue weighted by molar-refractivity contribution is -0.122. The van der Waals surface area contributed by atoms with Crippen LogP contribution in [0.25, 0.3) is 11.0 Å². The zero-order valence-corrected chi connectivity index (χ0v) is 18.0. The number of para-hydroxylation sites is 2. The van der Waals surface area contributed by atoms with Gasteiger partial charge in [0.15, 0.2) is 11.7 Å². The molecule has 1 aromatic heterocycles. The summed E-state index contributed by atoms with van der Waals surface area (Å²) < 4.78 is 0. The quantitative estimate of drug-likeness (QED) is 0.826. The summed E-state index contributed by atoms with van der Waals surface area (Å²) >= 11 is 0. The molecule has 158 valence electrons. The molecule has 2 fully saturated rings. The summed E-state index contributed by atoms with van der Waals surface area (Å²) in [4.78, 5) is 25.0. The fourth-order valence-corrected chi connectivity index (χ4v) is 5.04. The molecular weight excluding hydrogens is 374 g/mol. The molecule has 2 aromatic rings. The lowest BCUT2D eigenvalue weighted by Crippen LogP contribution is -2.42. The maximum Gasteiger partial charge on any atom is 0.243 e. The highest BCUT2D eigenvalue weighted by Gasteiger charge is 2.32. The first kappa shape index (κ1) is 20.6. The number of rotatable bonds is 4. The molecule has 1 N–H and O–H groups in total. The zero-order valence-electron chi connectivity index (χ0n) is 18.0. The van der Waals surface area contributed by atoms with Gasteiger partial charge >= 0.3 is 0 Å². The van der Waals surface area contributed by atoms with Crippen LogP contribution in [0, 0.1) is 23.2 Å². The van der Waals surface area contributed by atoms with Gasteiger partial charge in [-0.1, -0.05) is 45.2 Å². The highest BCUT2D eigenvalue weighted by atomic mass is 16.2. The maximum absolute atomic E-state index is 13.1. The summed E-state index contributed by atoms with van der Waals surface area (Å²) in [5, 5.41) is 13.1. The number of carbonyl (C=O) groups excluding carboxylic acids is 1. The van der Waals surface area contributed by atoms with E-state index in [1.807, 2.05) is 24.3 Å². The minimum Gasteiger partial charge on any atom is -0.355 e. The maximum atomic E-state index is 13.1. The number of hydrogen-bond donors (Lipinski definition) is 1. The SMILES string of the molecule is C[C@@H]1C[C@@H](C)CN(c2nc3ccccc3nc2[C@@H](C#N)C(=O)NC2CCCCC2)C1. The number of amides is 1. The highest BCUT2D eigenvalue weighted by molar-refractivity contribution is 5.89. The predicted molar refractivity (Wildman–Crippen MR) is 118 cm³/mol. The third-order valence-electron chi connectivity index (χ3n) is 6.36. The number of carbonyl (C=O) groups is 1. The molecule has 1 aliphatic carbocycles. The number of hydrogen-bond acceptors (Lipinski definition) is 5. The van der Waals surface area contributed by atoms with Crippen molar-refractivity contribution in [2.75, 3.05) is 18.0 Å². The topological polar surface area (TPSA) is 81.9 Å². The fourth-order valence-electron chi connectivity index (χ4n) is 5.04. The first-order chi connectivity index (χ1) is 14.5. The van der Waals surface area contributed by atoms with E-state index in [0.29, 0.717) is 23.3 Å². The number of nitriles is 1. The van der Waals surface area contributed by atoms with Gasteiger partial charge in [0.2, 0.25) is 5.91 Å². The molecule has 0 radical (unpaired) electrons. The summed E-state index contributed by atoms with van der Waals surface area (Å²) in [5.74, 6) is 0.565. The Morgan fingerprint density at radius 2 is 1.73 bits per heavy atom. The van der Waals surface area contributed by atoms with Crippen LogP contribution in [-0.4, -0.2) is 35.0 Å². The molecule has 3 atom stereocenters. The molecule has 1 amide bonds. The van der Waals surface area contributed by atoms with Crippen LogP contribution in [-0.2, 0) is 4.79 Å². The molecule has 1 saturated carbocycles. The van der Waals surface area contributed by atoms with Gasteiger partial charge in [-0.05, 0) is 43.2 Å². The van der Waals surface area contributed by atoms with Crippen molar-refractivity contribution in [3.05, 3.63) is 30.0 Å². The first-order valence-electron chi connectivity index (χ1n) is 11.3. The van der Waals surface area contributed by atoms with E-state index in [9.17, 15) is 10.1 Å². The van der Waals surface area contributed by atoms with Crippen molar-refractivity contribution in [3.63, 3.8) is 0 Å². The van der Waals surface area contributed by atoms with Gasteiger partial charge in [0.25, 0.3) is 0 Å². The monoisotopic (exact) mass is 405 g/mol. The average Bonchev–Trinajstić information content (AvgIpc) is 2.74. The van der Waals surface area contributed by atoms with E-state index < -0.39 is 5.92 Å². The van der Waals surface area contributed by atoms with Crippen LogP contribution >= 0.6 is 0 Å². The van der Waals surface area contributed by atoms with Gasteiger partial charge in [0.1, 0.15) is 5.69 Å². The van der Waals surface area contributed by atoms with Crippen LogP contribution < -0.4 is 10.2 Å². The van der Waals surface area contributed by atoms with Crippen LogP contribution in [0.3, 0.4) is 0 Å². The van der Waals surface area contributed by atoms with Gasteiger partial charge in [0.05, 0.1) is 17.1 Å². The third kappa shape index (κ3) is 4.40. The van der Waals surface area contributed by atoms with E-state index in [2.05, 4.69) is 30.1 Å². The van der Waals surface area contributed by atoms with Gasteiger partial charge in [-0.25, -0.2) is 9.97 Å². The van der Waals surface area contributed by atoms with Crippen molar-refractivity contribution < 1.29 is 4.79 Å². The van der Waals surface area contributed by atoms with Crippen molar-refractivity contribution in [1.82, 2.24) is 15.3 Å². The summed E-state index contributed by atoms with van der Waals surface area (Å²) in [5.41, 5.74) is 2.01. The lowest BCUT2D eigenvalue weighted by atomic mass is 9.91. The molecule has 0 bridgehead atoms. The van der Waals surface area contributed by atoms with Gasteiger partial charge < -0.3 is 10.2 Å². The standard InChI is InChI=1S/C24H31N5O/c1-16-12-17(2)15-29(14-16)23-22(27-20-10-6-7-11-21(20)28-23)19(13-25)24(30)26-18-8-4-3-5-9-18/h6-7,10-11,16-19H,3-5,8-9,12,14-15H2,1-2H3,(H,26,30)/t16-,17-,19-/m1/s1. The largest absolute Gasteiger partial charge is 0.355 e. The smallest absolute Gasteiger partial charge is 0.243 e. The van der Waals surface area contributed by atoms with Gasteiger partial charge in [-0.2, -0.15) is 5.26 Å². The Bertz CT molecular complexity index is 936. The predicted octanol–water partition coefficient (Wildman–Crippen LogP) is 4.17. The normalized spacial score (nSPS) is 23.7. The average molecular weight is 406 g/mol. The van der Waals surface area contributed by atoms with Crippen LogP contribution in [0.1, 0.15) is 64.0 Å². The number of nitrogens with one attached hydrogen (secondary N) is 1. The van der Waals surface area contributed by atoms with Crippen LogP contribution in [0.15, 0.2) is 24.3 Å². The summed E-state index contributed by atoms with van der Waals surface area (Å²) in [6, 6.07) is 10.1. The molecule has 1 saturated heterocycles. The van der Waals surface area contributed by atoms with Crippen molar-refractivity contribution in [3.8, 4) is 6.07 Å². The molecule has 6 nitrogen and oxygen atoms in total. The summed E-state index contributed by atoms with van der Waals surface area (Å²) in [6.07, 6.45) is 6.64. The van der Waals surface area contributed by atoms with Crippen molar-refractivity contribution in [2.45, 2.75) is 64.3 Å². The Morgan fingerprint density at radius 1 is 1.10 bits per heavy atom. The number of anilines is 1. The molecule has 30 heavy (non-hydrogen) atoms. The second-order valence-corrected chi connectivity index (χ2v) is 9.18. The molecule has 4 rings (SSSR count). The van der Waals surface area contributed by atoms with Crippen LogP contribution in [0.2, 0.25) is 0 Å². The van der Waals surface area contributed by atoms with Crippen molar-refractivity contribution in [1.29, 1.82) is 5.26 Å². The molecular formula is C24H31N5O. The molecule has 1 aromatic carbocycles. The second-order valence-electron chi connectivity index (χ2n) is 9.18. The Hall–Kier alpha value is -2.68. The Morgan fingerprint density at radius 3 is 2.37 bits per heavy atom. The minimum atomic E-state index is -0.952. The molecule has 2 heterocycles. The van der Waals surface area contributed by atoms with Crippen molar-refractivity contribution in [2.24, 2.45) is 11.8 Å². The van der Waals surface area contributed by atoms with E-state index in [1.165, 1.54) is 12.8 Å². The van der Waals surface area contributed by atoms with Crippen LogP contribution in [0.5, 0.6) is 0 Å². The summed E-state index contributed by atoms with van der Waals surface area (Å²) in [7, 11) is 0. The first-order valence-corrected chi connectivity index (χ1v) is 11.3. The number of piperidine rings is 1. The second kappa shape index (κ2) is 8.99. The van der Waals surface area contributed by atoms with E-state index >= 15 is 0 Å². The lowest BCUT2D eigenvalue weighted by Gasteiger charge is -2.37. The fraction of sp³-hybridized carbons (Fsp3) is 0.583. The number of benzene rings is 1. The zero-order chi connectivity index (χ0) is 21.1. The van der Waals surface area contributed by atoms with E-state index in [4.69, 9.17) is 9.97 Å². The van der Waals surface area contributed by atoms with Gasteiger partial charge in [0, 0.05) is 19.1 Å². The van der Waals surface area contributed by atoms with E-state index in [1.54, 1.807) is 0 Å². The highest BCUT2D eigenvalue weighted by Crippen LogP contribution is 2.32. The summed E-state index contributed by atoms with van der Waals surface area (Å²) in [6.45, 7) is 6.22. The molecule has 6 heteroatoms.